The van der Waals surface area contributed by atoms with Crippen LogP contribution < -0.4 is 15.2 Å². The summed E-state index contributed by atoms with van der Waals surface area (Å²) in [6.07, 6.45) is 0. The van der Waals surface area contributed by atoms with Gasteiger partial charge in [-0.15, -0.1) is 0 Å². The number of nitrogen functional groups attached to an aromatic ring is 1. The molecule has 1 heterocycles. The van der Waals surface area contributed by atoms with Crippen LogP contribution >= 0.6 is 15.9 Å². The lowest BCUT2D eigenvalue weighted by molar-refractivity contribution is 0.408. The first-order valence-electron chi connectivity index (χ1n) is 6.27. The summed E-state index contributed by atoms with van der Waals surface area (Å²) in [5.74, 6) is 2.21. The molecule has 0 fully saturated rings. The first-order chi connectivity index (χ1) is 9.43. The minimum absolute atomic E-state index is 0.248. The summed E-state index contributed by atoms with van der Waals surface area (Å²) < 4.78 is 13.5. The highest BCUT2D eigenvalue weighted by atomic mass is 79.9. The maximum Gasteiger partial charge on any atom is 0.241 e. The van der Waals surface area contributed by atoms with E-state index < -0.39 is 0 Å². The van der Waals surface area contributed by atoms with Gasteiger partial charge in [-0.05, 0) is 40.0 Å². The summed E-state index contributed by atoms with van der Waals surface area (Å²) in [5, 5.41) is 4.40. The van der Waals surface area contributed by atoms with E-state index in [4.69, 9.17) is 15.2 Å². The fourth-order valence-corrected chi connectivity index (χ4v) is 2.33. The second-order valence-corrected chi connectivity index (χ2v) is 5.64. The number of benzene rings is 1. The number of methoxy groups -OCH3 is 1. The molecule has 2 N–H and O–H groups in total. The Hall–Kier alpha value is -1.69. The maximum atomic E-state index is 6.11. The number of hydrogen-bond donors (Lipinski definition) is 1. The van der Waals surface area contributed by atoms with Crippen LogP contribution in [-0.2, 0) is 7.05 Å². The van der Waals surface area contributed by atoms with E-state index in [-0.39, 0.29) is 5.92 Å². The van der Waals surface area contributed by atoms with Gasteiger partial charge in [0.15, 0.2) is 0 Å². The van der Waals surface area contributed by atoms with E-state index in [9.17, 15) is 0 Å². The summed E-state index contributed by atoms with van der Waals surface area (Å²) in [6.45, 7) is 4.09. The molecule has 0 aliphatic rings. The van der Waals surface area contributed by atoms with Crippen molar-refractivity contribution in [2.75, 3.05) is 12.8 Å². The number of rotatable bonds is 4. The van der Waals surface area contributed by atoms with Crippen LogP contribution in [0.3, 0.4) is 0 Å². The van der Waals surface area contributed by atoms with Gasteiger partial charge in [0.25, 0.3) is 0 Å². The first-order valence-corrected chi connectivity index (χ1v) is 7.07. The quantitative estimate of drug-likeness (QED) is 0.922. The molecule has 0 unspecified atom stereocenters. The van der Waals surface area contributed by atoms with Gasteiger partial charge in [0.05, 0.1) is 17.3 Å². The monoisotopic (exact) mass is 339 g/mol. The summed E-state index contributed by atoms with van der Waals surface area (Å²) in [6, 6.07) is 5.49. The summed E-state index contributed by atoms with van der Waals surface area (Å²) in [7, 11) is 3.44. The Kier molecular flexibility index (Phi) is 4.23. The van der Waals surface area contributed by atoms with Gasteiger partial charge in [0.2, 0.25) is 5.88 Å². The molecule has 0 amide bonds. The second kappa shape index (κ2) is 5.75. The Labute approximate surface area is 126 Å². The van der Waals surface area contributed by atoms with Gasteiger partial charge in [-0.2, -0.15) is 5.10 Å². The molecule has 6 heteroatoms. The molecule has 108 valence electrons. The number of aromatic nitrogens is 2. The topological polar surface area (TPSA) is 62.3 Å². The highest BCUT2D eigenvalue weighted by Crippen LogP contribution is 2.37. The third-order valence-corrected chi connectivity index (χ3v) is 3.57. The minimum atomic E-state index is 0.248. The number of nitrogens with two attached hydrogens (primary N) is 1. The molecular weight excluding hydrogens is 322 g/mol. The highest BCUT2D eigenvalue weighted by Gasteiger charge is 2.18. The summed E-state index contributed by atoms with van der Waals surface area (Å²) in [4.78, 5) is 0. The van der Waals surface area contributed by atoms with Crippen LogP contribution in [-0.4, -0.2) is 16.9 Å². The molecule has 0 spiro atoms. The molecule has 1 aromatic carbocycles. The van der Waals surface area contributed by atoms with E-state index in [2.05, 4.69) is 21.0 Å². The van der Waals surface area contributed by atoms with E-state index >= 15 is 0 Å². The van der Waals surface area contributed by atoms with Crippen molar-refractivity contribution in [3.63, 3.8) is 0 Å². The Balaban J connectivity index is 2.35. The molecule has 2 aromatic rings. The second-order valence-electron chi connectivity index (χ2n) is 4.78. The Morgan fingerprint density at radius 3 is 2.55 bits per heavy atom. The smallest absolute Gasteiger partial charge is 0.241 e. The number of halogens is 1. The van der Waals surface area contributed by atoms with Gasteiger partial charge in [-0.1, -0.05) is 13.8 Å². The number of hydrogen-bond acceptors (Lipinski definition) is 4. The van der Waals surface area contributed by atoms with Crippen molar-refractivity contribution in [1.29, 1.82) is 0 Å². The normalized spacial score (nSPS) is 10.9. The Bertz CT molecular complexity index is 623. The van der Waals surface area contributed by atoms with Gasteiger partial charge in [-0.3, -0.25) is 0 Å². The SMILES string of the molecule is COc1ccc(Oc2c(N)c(C(C)C)nn2C)c(Br)c1. The molecule has 20 heavy (non-hydrogen) atoms. The zero-order valence-electron chi connectivity index (χ0n) is 12.0. The fourth-order valence-electron chi connectivity index (χ4n) is 1.89. The maximum absolute atomic E-state index is 6.11. The molecule has 0 saturated heterocycles. The Morgan fingerprint density at radius 1 is 1.35 bits per heavy atom. The van der Waals surface area contributed by atoms with Crippen LogP contribution in [0.15, 0.2) is 22.7 Å². The highest BCUT2D eigenvalue weighted by molar-refractivity contribution is 9.10. The first kappa shape index (κ1) is 14.7. The van der Waals surface area contributed by atoms with Crippen LogP contribution in [0, 0.1) is 0 Å². The van der Waals surface area contributed by atoms with E-state index in [0.29, 0.717) is 17.3 Å². The van der Waals surface area contributed by atoms with Crippen molar-refractivity contribution < 1.29 is 9.47 Å². The average molecular weight is 340 g/mol. The van der Waals surface area contributed by atoms with Crippen molar-refractivity contribution in [2.45, 2.75) is 19.8 Å². The largest absolute Gasteiger partial charge is 0.497 e. The average Bonchev–Trinajstić information content (AvgIpc) is 2.68. The van der Waals surface area contributed by atoms with Crippen LogP contribution in [0.4, 0.5) is 5.69 Å². The van der Waals surface area contributed by atoms with Gasteiger partial charge in [0.1, 0.15) is 17.2 Å². The lowest BCUT2D eigenvalue weighted by atomic mass is 10.1. The van der Waals surface area contributed by atoms with Gasteiger partial charge in [0, 0.05) is 7.05 Å². The third-order valence-electron chi connectivity index (χ3n) is 2.95. The zero-order valence-corrected chi connectivity index (χ0v) is 13.6. The van der Waals surface area contributed by atoms with Crippen molar-refractivity contribution in [2.24, 2.45) is 7.05 Å². The molecule has 0 aliphatic heterocycles. The number of anilines is 1. The van der Waals surface area contributed by atoms with Gasteiger partial charge >= 0.3 is 0 Å². The van der Waals surface area contributed by atoms with Crippen molar-refractivity contribution in [3.8, 4) is 17.4 Å². The van der Waals surface area contributed by atoms with E-state index in [1.807, 2.05) is 39.1 Å². The molecule has 0 saturated carbocycles. The molecule has 0 aliphatic carbocycles. The van der Waals surface area contributed by atoms with Crippen molar-refractivity contribution >= 4 is 21.6 Å². The standard InChI is InChI=1S/C14H18BrN3O2/c1-8(2)13-12(16)14(18(3)17-13)20-11-6-5-9(19-4)7-10(11)15/h5-8H,16H2,1-4H3. The molecule has 0 bridgehead atoms. The van der Waals surface area contributed by atoms with E-state index in [1.165, 1.54) is 0 Å². The van der Waals surface area contributed by atoms with Crippen molar-refractivity contribution in [1.82, 2.24) is 9.78 Å². The van der Waals surface area contributed by atoms with Gasteiger partial charge < -0.3 is 15.2 Å². The van der Waals surface area contributed by atoms with E-state index in [1.54, 1.807) is 11.8 Å². The van der Waals surface area contributed by atoms with Gasteiger partial charge in [-0.25, -0.2) is 4.68 Å². The minimum Gasteiger partial charge on any atom is -0.497 e. The molecular formula is C14H18BrN3O2. The van der Waals surface area contributed by atoms with Crippen LogP contribution in [0.5, 0.6) is 17.4 Å². The number of ether oxygens (including phenoxy) is 2. The van der Waals surface area contributed by atoms with Crippen LogP contribution in [0.2, 0.25) is 0 Å². The van der Waals surface area contributed by atoms with E-state index in [0.717, 1.165) is 15.9 Å². The molecule has 5 nitrogen and oxygen atoms in total. The third kappa shape index (κ3) is 2.75. The Morgan fingerprint density at radius 2 is 2.05 bits per heavy atom. The van der Waals surface area contributed by atoms with Crippen LogP contribution in [0.1, 0.15) is 25.5 Å². The lowest BCUT2D eigenvalue weighted by Gasteiger charge is -2.10. The van der Waals surface area contributed by atoms with Crippen LogP contribution in [0.25, 0.3) is 0 Å². The fraction of sp³-hybridized carbons (Fsp3) is 0.357. The van der Waals surface area contributed by atoms with Crippen molar-refractivity contribution in [3.05, 3.63) is 28.4 Å². The number of nitrogens with zero attached hydrogens (tertiary/aromatic N) is 2. The summed E-state index contributed by atoms with van der Waals surface area (Å²) in [5.41, 5.74) is 7.52. The predicted molar refractivity (Wildman–Crippen MR) is 82.5 cm³/mol. The molecule has 0 radical (unpaired) electrons. The zero-order chi connectivity index (χ0) is 14.9. The number of aryl methyl sites for hydroxylation is 1. The summed E-state index contributed by atoms with van der Waals surface area (Å²) >= 11 is 3.45. The molecule has 1 aromatic heterocycles. The lowest BCUT2D eigenvalue weighted by Crippen LogP contribution is -1.97. The molecule has 0 atom stereocenters. The predicted octanol–water partition coefficient (Wildman–Crippen LogP) is 3.69. The molecule has 2 rings (SSSR count).